The zero-order chi connectivity index (χ0) is 23.2. The Balaban J connectivity index is 1.18. The van der Waals surface area contributed by atoms with Crippen molar-refractivity contribution in [1.82, 2.24) is 19.9 Å². The Hall–Kier alpha value is -3.77. The Morgan fingerprint density at radius 2 is 1.35 bits per heavy atom. The van der Waals surface area contributed by atoms with Crippen LogP contribution in [0.3, 0.4) is 0 Å². The first-order valence-electron chi connectivity index (χ1n) is 11.8. The van der Waals surface area contributed by atoms with Crippen molar-refractivity contribution in [3.8, 4) is 11.4 Å². The molecule has 2 heterocycles. The fourth-order valence-electron chi connectivity index (χ4n) is 4.55. The minimum atomic E-state index is 0.134. The molecule has 0 atom stereocenters. The molecule has 1 saturated heterocycles. The van der Waals surface area contributed by atoms with Crippen LogP contribution in [-0.4, -0.2) is 52.0 Å². The largest absolute Gasteiger partial charge is 0.340 e. The number of hydrogen-bond donors (Lipinski definition) is 0. The van der Waals surface area contributed by atoms with Crippen LogP contribution in [0.5, 0.6) is 0 Å². The smallest absolute Gasteiger partial charge is 0.227 e. The lowest BCUT2D eigenvalue weighted by molar-refractivity contribution is -0.133. The highest BCUT2D eigenvalue weighted by Crippen LogP contribution is 2.29. The number of hydrogen-bond acceptors (Lipinski definition) is 5. The van der Waals surface area contributed by atoms with Gasteiger partial charge in [0, 0.05) is 44.6 Å². The molecule has 1 aromatic heterocycles. The van der Waals surface area contributed by atoms with E-state index in [-0.39, 0.29) is 11.9 Å². The lowest BCUT2D eigenvalue weighted by Crippen LogP contribution is -2.49. The fraction of sp³-hybridized carbons (Fsp3) is 0.250. The number of nitrogens with zero attached hydrogens (tertiary/aromatic N) is 4. The zero-order valence-corrected chi connectivity index (χ0v) is 19.1. The Labute approximate surface area is 199 Å². The molecule has 34 heavy (non-hydrogen) atoms. The summed E-state index contributed by atoms with van der Waals surface area (Å²) in [6.45, 7) is 3.10. The summed E-state index contributed by atoms with van der Waals surface area (Å²) in [5.74, 6) is 1.19. The maximum Gasteiger partial charge on any atom is 0.227 e. The summed E-state index contributed by atoms with van der Waals surface area (Å²) in [7, 11) is 0. The highest BCUT2D eigenvalue weighted by molar-refractivity contribution is 5.76. The van der Waals surface area contributed by atoms with Gasteiger partial charge in [0.1, 0.15) is 0 Å². The third kappa shape index (κ3) is 5.07. The van der Waals surface area contributed by atoms with E-state index in [1.807, 2.05) is 47.4 Å². The van der Waals surface area contributed by atoms with Crippen LogP contribution in [0, 0.1) is 0 Å². The van der Waals surface area contributed by atoms with E-state index in [9.17, 15) is 4.79 Å². The minimum absolute atomic E-state index is 0.134. The van der Waals surface area contributed by atoms with Gasteiger partial charge in [-0.15, -0.1) is 0 Å². The molecule has 172 valence electrons. The average Bonchev–Trinajstić information content (AvgIpc) is 3.39. The van der Waals surface area contributed by atoms with E-state index in [2.05, 4.69) is 63.6 Å². The first-order chi connectivity index (χ1) is 16.8. The summed E-state index contributed by atoms with van der Waals surface area (Å²) in [6.07, 6.45) is 0.826. The second-order valence-electron chi connectivity index (χ2n) is 8.52. The molecule has 0 bridgehead atoms. The minimum Gasteiger partial charge on any atom is -0.340 e. The second kappa shape index (κ2) is 10.4. The standard InChI is InChI=1S/C28H28N4O2/c33-26(17-16-25-29-28(30-34-25)24-14-8-3-9-15-24)31-18-20-32(21-19-31)27(22-10-4-1-5-11-22)23-12-6-2-7-13-23/h1-15,27H,16-21H2. The molecule has 4 aromatic rings. The predicted molar refractivity (Wildman–Crippen MR) is 131 cm³/mol. The molecule has 0 radical (unpaired) electrons. The SMILES string of the molecule is O=C(CCc1nc(-c2ccccc2)no1)N1CCN(C(c2ccccc2)c2ccccc2)CC1. The Morgan fingerprint density at radius 3 is 1.94 bits per heavy atom. The first kappa shape index (κ1) is 22.0. The molecule has 0 saturated carbocycles. The number of aromatic nitrogens is 2. The molecule has 0 aliphatic carbocycles. The van der Waals surface area contributed by atoms with Gasteiger partial charge in [0.2, 0.25) is 17.6 Å². The molecule has 5 rings (SSSR count). The summed E-state index contributed by atoms with van der Waals surface area (Å²) in [5.41, 5.74) is 3.46. The molecule has 3 aromatic carbocycles. The van der Waals surface area contributed by atoms with Crippen LogP contribution in [0.4, 0.5) is 0 Å². The lowest BCUT2D eigenvalue weighted by Gasteiger charge is -2.39. The van der Waals surface area contributed by atoms with Crippen molar-refractivity contribution in [3.63, 3.8) is 0 Å². The third-order valence-electron chi connectivity index (χ3n) is 6.32. The molecule has 1 amide bonds. The van der Waals surface area contributed by atoms with Gasteiger partial charge in [0.05, 0.1) is 6.04 Å². The molecule has 6 heteroatoms. The molecule has 1 aliphatic rings. The van der Waals surface area contributed by atoms with Crippen molar-refractivity contribution >= 4 is 5.91 Å². The Bertz CT molecular complexity index is 1150. The van der Waals surface area contributed by atoms with Crippen LogP contribution < -0.4 is 0 Å². The van der Waals surface area contributed by atoms with Crippen molar-refractivity contribution < 1.29 is 9.32 Å². The van der Waals surface area contributed by atoms with Crippen LogP contribution >= 0.6 is 0 Å². The topological polar surface area (TPSA) is 62.5 Å². The van der Waals surface area contributed by atoms with Gasteiger partial charge >= 0.3 is 0 Å². The molecular formula is C28H28N4O2. The van der Waals surface area contributed by atoms with Crippen LogP contribution in [0.15, 0.2) is 95.5 Å². The van der Waals surface area contributed by atoms with Gasteiger partial charge in [-0.1, -0.05) is 96.2 Å². The molecule has 0 unspecified atom stereocenters. The van der Waals surface area contributed by atoms with Crippen LogP contribution in [0.25, 0.3) is 11.4 Å². The quantitative estimate of drug-likeness (QED) is 0.410. The second-order valence-corrected chi connectivity index (χ2v) is 8.52. The molecule has 0 spiro atoms. The Kier molecular flexibility index (Phi) is 6.77. The number of amides is 1. The van der Waals surface area contributed by atoms with E-state index in [0.717, 1.165) is 18.7 Å². The monoisotopic (exact) mass is 452 g/mol. The van der Waals surface area contributed by atoms with Crippen LogP contribution in [-0.2, 0) is 11.2 Å². The number of carbonyl (C=O) groups excluding carboxylic acids is 1. The van der Waals surface area contributed by atoms with E-state index in [1.165, 1.54) is 11.1 Å². The number of carbonyl (C=O) groups is 1. The highest BCUT2D eigenvalue weighted by Gasteiger charge is 2.28. The molecule has 0 N–H and O–H groups in total. The summed E-state index contributed by atoms with van der Waals surface area (Å²) in [6, 6.07) is 31.1. The van der Waals surface area contributed by atoms with Gasteiger partial charge < -0.3 is 9.42 Å². The van der Waals surface area contributed by atoms with Crippen molar-refractivity contribution in [2.24, 2.45) is 0 Å². The van der Waals surface area contributed by atoms with E-state index in [0.29, 0.717) is 37.6 Å². The maximum absolute atomic E-state index is 12.9. The van der Waals surface area contributed by atoms with Crippen molar-refractivity contribution in [1.29, 1.82) is 0 Å². The first-order valence-corrected chi connectivity index (χ1v) is 11.8. The van der Waals surface area contributed by atoms with Gasteiger partial charge in [0.25, 0.3) is 0 Å². The molecular weight excluding hydrogens is 424 g/mol. The number of benzene rings is 3. The summed E-state index contributed by atoms with van der Waals surface area (Å²) in [5, 5.41) is 4.05. The predicted octanol–water partition coefficient (Wildman–Crippen LogP) is 4.60. The van der Waals surface area contributed by atoms with E-state index < -0.39 is 0 Å². The normalized spacial score (nSPS) is 14.4. The van der Waals surface area contributed by atoms with Gasteiger partial charge in [-0.2, -0.15) is 4.98 Å². The third-order valence-corrected chi connectivity index (χ3v) is 6.32. The zero-order valence-electron chi connectivity index (χ0n) is 19.1. The molecule has 1 aliphatic heterocycles. The maximum atomic E-state index is 12.9. The van der Waals surface area contributed by atoms with Crippen molar-refractivity contribution in [2.45, 2.75) is 18.9 Å². The summed E-state index contributed by atoms with van der Waals surface area (Å²) < 4.78 is 5.36. The summed E-state index contributed by atoms with van der Waals surface area (Å²) in [4.78, 5) is 21.8. The highest BCUT2D eigenvalue weighted by atomic mass is 16.5. The molecule has 1 fully saturated rings. The van der Waals surface area contributed by atoms with Crippen LogP contribution in [0.2, 0.25) is 0 Å². The van der Waals surface area contributed by atoms with E-state index in [4.69, 9.17) is 4.52 Å². The number of aryl methyl sites for hydroxylation is 1. The Morgan fingerprint density at radius 1 is 0.794 bits per heavy atom. The number of rotatable bonds is 7. The van der Waals surface area contributed by atoms with Crippen molar-refractivity contribution in [2.75, 3.05) is 26.2 Å². The van der Waals surface area contributed by atoms with Gasteiger partial charge in [-0.05, 0) is 11.1 Å². The van der Waals surface area contributed by atoms with E-state index >= 15 is 0 Å². The van der Waals surface area contributed by atoms with Gasteiger partial charge in [0.15, 0.2) is 0 Å². The van der Waals surface area contributed by atoms with Gasteiger partial charge in [-0.25, -0.2) is 0 Å². The lowest BCUT2D eigenvalue weighted by atomic mass is 9.96. The summed E-state index contributed by atoms with van der Waals surface area (Å²) >= 11 is 0. The molecule has 6 nitrogen and oxygen atoms in total. The fourth-order valence-corrected chi connectivity index (χ4v) is 4.55. The number of piperazine rings is 1. The van der Waals surface area contributed by atoms with Gasteiger partial charge in [-0.3, -0.25) is 9.69 Å². The van der Waals surface area contributed by atoms with E-state index in [1.54, 1.807) is 0 Å². The average molecular weight is 453 g/mol. The van der Waals surface area contributed by atoms with Crippen molar-refractivity contribution in [3.05, 3.63) is 108 Å². The van der Waals surface area contributed by atoms with Crippen LogP contribution in [0.1, 0.15) is 29.5 Å².